The minimum Gasteiger partial charge on any atom is -0.497 e. The van der Waals surface area contributed by atoms with Crippen molar-refractivity contribution in [3.63, 3.8) is 0 Å². The van der Waals surface area contributed by atoms with Crippen LogP contribution in [0.5, 0.6) is 11.5 Å². The van der Waals surface area contributed by atoms with E-state index in [-0.39, 0.29) is 36.0 Å². The van der Waals surface area contributed by atoms with E-state index >= 15 is 4.39 Å². The molecule has 7 nitrogen and oxygen atoms in total. The molecule has 188 valence electrons. The average Bonchev–Trinajstić information content (AvgIpc) is 3.09. The van der Waals surface area contributed by atoms with Crippen LogP contribution in [0.4, 0.5) is 4.39 Å². The number of methoxy groups -OCH3 is 2. The third-order valence-electron chi connectivity index (χ3n) is 6.15. The number of rotatable bonds is 4. The summed E-state index contributed by atoms with van der Waals surface area (Å²) < 4.78 is 49.2. The maximum Gasteiger partial charge on any atom is 0.342 e. The number of halogens is 1. The van der Waals surface area contributed by atoms with E-state index < -0.39 is 29.9 Å². The van der Waals surface area contributed by atoms with E-state index in [2.05, 4.69) is 0 Å². The van der Waals surface area contributed by atoms with Gasteiger partial charge in [0.05, 0.1) is 19.3 Å². The minimum atomic E-state index is -0.827. The zero-order valence-corrected chi connectivity index (χ0v) is 20.9. The van der Waals surface area contributed by atoms with Crippen molar-refractivity contribution >= 4 is 12.0 Å². The lowest BCUT2D eigenvalue weighted by molar-refractivity contribution is -0.149. The van der Waals surface area contributed by atoms with Gasteiger partial charge in [-0.1, -0.05) is 26.0 Å². The van der Waals surface area contributed by atoms with Crippen LogP contribution < -0.4 is 9.47 Å². The van der Waals surface area contributed by atoms with E-state index in [1.165, 1.54) is 20.3 Å². The molecule has 0 N–H and O–H groups in total. The van der Waals surface area contributed by atoms with Gasteiger partial charge >= 0.3 is 5.97 Å². The van der Waals surface area contributed by atoms with Crippen LogP contribution in [0, 0.1) is 11.8 Å². The lowest BCUT2D eigenvalue weighted by Crippen LogP contribution is -2.30. The molecule has 0 bridgehead atoms. The molecule has 2 heterocycles. The van der Waals surface area contributed by atoms with Crippen molar-refractivity contribution in [3.8, 4) is 11.5 Å². The zero-order chi connectivity index (χ0) is 25.0. The number of benzene rings is 1. The molecule has 3 unspecified atom stereocenters. The average molecular weight is 479 g/mol. The van der Waals surface area contributed by atoms with Crippen LogP contribution in [-0.4, -0.2) is 51.1 Å². The molecule has 8 heteroatoms. The molecule has 2 aliphatic rings. The number of carbonyl (C=O) groups is 1. The summed E-state index contributed by atoms with van der Waals surface area (Å²) in [5, 5.41) is 0. The van der Waals surface area contributed by atoms with Gasteiger partial charge in [-0.05, 0) is 44.9 Å². The van der Waals surface area contributed by atoms with E-state index in [0.29, 0.717) is 17.7 Å². The fourth-order valence-corrected chi connectivity index (χ4v) is 4.14. The van der Waals surface area contributed by atoms with Gasteiger partial charge in [0.1, 0.15) is 29.0 Å². The van der Waals surface area contributed by atoms with Crippen molar-refractivity contribution in [1.82, 2.24) is 0 Å². The monoisotopic (exact) mass is 478 g/mol. The maximum atomic E-state index is 15.2. The van der Waals surface area contributed by atoms with Gasteiger partial charge in [0.15, 0.2) is 12.6 Å². The van der Waals surface area contributed by atoms with Gasteiger partial charge < -0.3 is 28.4 Å². The quantitative estimate of drug-likeness (QED) is 0.430. The number of hydrogen-bond acceptors (Lipinski definition) is 7. The van der Waals surface area contributed by atoms with Crippen LogP contribution in [0.2, 0.25) is 0 Å². The molecule has 1 saturated heterocycles. The number of fused-ring (bicyclic) bond motifs is 2. The lowest BCUT2D eigenvalue weighted by atomic mass is 9.93. The van der Waals surface area contributed by atoms with Gasteiger partial charge in [-0.2, -0.15) is 0 Å². The molecule has 1 aromatic rings. The molecular weight excluding hydrogens is 443 g/mol. The second kappa shape index (κ2) is 10.9. The molecule has 0 aromatic heterocycles. The van der Waals surface area contributed by atoms with Gasteiger partial charge in [-0.3, -0.25) is 0 Å². The summed E-state index contributed by atoms with van der Waals surface area (Å²) in [5.74, 6) is -1.83. The lowest BCUT2D eigenvalue weighted by Gasteiger charge is -2.24. The Hall–Kier alpha value is -2.42. The Morgan fingerprint density at radius 2 is 1.88 bits per heavy atom. The highest BCUT2D eigenvalue weighted by atomic mass is 19.1. The van der Waals surface area contributed by atoms with Crippen LogP contribution in [0.15, 0.2) is 30.1 Å². The Balaban J connectivity index is 2.09. The van der Waals surface area contributed by atoms with Crippen molar-refractivity contribution < 1.29 is 37.6 Å². The Morgan fingerprint density at radius 1 is 1.15 bits per heavy atom. The fraction of sp³-hybridized carbons (Fsp3) is 0.577. The number of esters is 1. The van der Waals surface area contributed by atoms with E-state index in [0.717, 1.165) is 0 Å². The van der Waals surface area contributed by atoms with Crippen LogP contribution in [0.1, 0.15) is 57.0 Å². The van der Waals surface area contributed by atoms with Crippen molar-refractivity contribution in [2.45, 2.75) is 65.1 Å². The molecule has 34 heavy (non-hydrogen) atoms. The van der Waals surface area contributed by atoms with Gasteiger partial charge in [-0.25, -0.2) is 9.18 Å². The standard InChI is InChI=1S/C26H35FO7/c1-15-11-20(27)16(2)24-21(33-26(4,5)34-24)10-8-9-18-12-19(30-7)13-22(31-14-29-6)23(18)25(28)32-17(15)3/h8-9,11-13,15-17,21,24H,10,14H2,1-7H3/b9-8+,20-11+/t15-,16?,17+,21?,24?/m1/s1. The van der Waals surface area contributed by atoms with Gasteiger partial charge in [0.25, 0.3) is 0 Å². The number of carbonyl (C=O) groups excluding carboxylic acids is 1. The molecule has 0 saturated carbocycles. The van der Waals surface area contributed by atoms with Crippen LogP contribution in [0.25, 0.3) is 6.08 Å². The van der Waals surface area contributed by atoms with E-state index in [4.69, 9.17) is 28.4 Å². The number of ether oxygens (including phenoxy) is 6. The summed E-state index contributed by atoms with van der Waals surface area (Å²) in [6.07, 6.45) is 4.21. The third-order valence-corrected chi connectivity index (χ3v) is 6.15. The molecule has 0 spiro atoms. The first-order valence-electron chi connectivity index (χ1n) is 11.5. The molecule has 1 fully saturated rings. The summed E-state index contributed by atoms with van der Waals surface area (Å²) in [4.78, 5) is 13.3. The summed E-state index contributed by atoms with van der Waals surface area (Å²) in [6.45, 7) is 8.91. The normalized spacial score (nSPS) is 31.8. The van der Waals surface area contributed by atoms with Crippen LogP contribution >= 0.6 is 0 Å². The van der Waals surface area contributed by atoms with E-state index in [1.54, 1.807) is 39.0 Å². The number of hydrogen-bond donors (Lipinski definition) is 0. The maximum absolute atomic E-state index is 15.2. The van der Waals surface area contributed by atoms with Gasteiger partial charge in [-0.15, -0.1) is 0 Å². The molecule has 1 aromatic carbocycles. The predicted octanol–water partition coefficient (Wildman–Crippen LogP) is 5.29. The van der Waals surface area contributed by atoms with Gasteiger partial charge in [0.2, 0.25) is 0 Å². The highest BCUT2D eigenvalue weighted by Gasteiger charge is 2.44. The van der Waals surface area contributed by atoms with Crippen LogP contribution in [0.3, 0.4) is 0 Å². The Morgan fingerprint density at radius 3 is 2.56 bits per heavy atom. The van der Waals surface area contributed by atoms with Crippen molar-refractivity contribution in [3.05, 3.63) is 41.2 Å². The zero-order valence-electron chi connectivity index (χ0n) is 20.9. The Labute approximate surface area is 200 Å². The summed E-state index contributed by atoms with van der Waals surface area (Å²) >= 11 is 0. The Kier molecular flexibility index (Phi) is 8.38. The molecular formula is C26H35FO7. The SMILES string of the molecule is COCOc1cc(OC)cc2c1C(=O)O[C@@H](C)[C@H](C)/C=C(/F)C(C)C1OC(C)(C)OC1C/C=C/2. The smallest absolute Gasteiger partial charge is 0.342 e. The van der Waals surface area contributed by atoms with E-state index in [1.807, 2.05) is 19.9 Å². The van der Waals surface area contributed by atoms with Crippen molar-refractivity contribution in [2.24, 2.45) is 11.8 Å². The van der Waals surface area contributed by atoms with Crippen molar-refractivity contribution in [2.75, 3.05) is 21.0 Å². The predicted molar refractivity (Wildman–Crippen MR) is 125 cm³/mol. The third kappa shape index (κ3) is 5.98. The molecule has 0 amide bonds. The molecule has 5 atom stereocenters. The molecule has 0 aliphatic carbocycles. The van der Waals surface area contributed by atoms with E-state index in [9.17, 15) is 4.79 Å². The second-order valence-electron chi connectivity index (χ2n) is 9.23. The molecule has 3 rings (SSSR count). The fourth-order valence-electron chi connectivity index (χ4n) is 4.14. The van der Waals surface area contributed by atoms with Crippen LogP contribution in [-0.2, 0) is 18.9 Å². The molecule has 2 aliphatic heterocycles. The first kappa shape index (κ1) is 26.2. The Bertz CT molecular complexity index is 939. The summed E-state index contributed by atoms with van der Waals surface area (Å²) in [5.41, 5.74) is 0.806. The summed E-state index contributed by atoms with van der Waals surface area (Å²) in [6, 6.07) is 3.35. The highest BCUT2D eigenvalue weighted by molar-refractivity contribution is 5.97. The van der Waals surface area contributed by atoms with Crippen molar-refractivity contribution in [1.29, 1.82) is 0 Å². The highest BCUT2D eigenvalue weighted by Crippen LogP contribution is 2.38. The number of cyclic esters (lactones) is 1. The summed E-state index contributed by atoms with van der Waals surface area (Å²) in [7, 11) is 3.03. The largest absolute Gasteiger partial charge is 0.497 e. The first-order valence-corrected chi connectivity index (χ1v) is 11.5. The topological polar surface area (TPSA) is 72.5 Å². The molecule has 0 radical (unpaired) electrons. The first-order chi connectivity index (χ1) is 16.1. The second-order valence-corrected chi connectivity index (χ2v) is 9.23. The van der Waals surface area contributed by atoms with Gasteiger partial charge in [0, 0.05) is 25.0 Å². The minimum absolute atomic E-state index is 0.0571.